The van der Waals surface area contributed by atoms with Crippen molar-refractivity contribution < 1.29 is 18.3 Å². The summed E-state index contributed by atoms with van der Waals surface area (Å²) in [6.07, 6.45) is 2.78. The Labute approximate surface area is 177 Å². The van der Waals surface area contributed by atoms with Gasteiger partial charge in [0.25, 0.3) is 0 Å². The van der Waals surface area contributed by atoms with E-state index in [-0.39, 0.29) is 12.6 Å². The molecule has 1 atom stereocenters. The van der Waals surface area contributed by atoms with Crippen LogP contribution >= 0.6 is 0 Å². The van der Waals surface area contributed by atoms with Crippen molar-refractivity contribution in [3.8, 4) is 0 Å². The van der Waals surface area contributed by atoms with Gasteiger partial charge in [-0.2, -0.15) is 0 Å². The van der Waals surface area contributed by atoms with Crippen molar-refractivity contribution in [2.24, 2.45) is 0 Å². The van der Waals surface area contributed by atoms with Crippen molar-refractivity contribution in [2.75, 3.05) is 30.4 Å². The molecule has 1 aromatic heterocycles. The van der Waals surface area contributed by atoms with E-state index in [4.69, 9.17) is 5.73 Å². The molecule has 0 saturated carbocycles. The lowest BCUT2D eigenvalue weighted by Gasteiger charge is -2.33. The number of amides is 1. The molecule has 0 aliphatic rings. The SMILES string of the molecule is CC(C)(C)N(CCC[C@@H](CNS(C)(=O)=O)Nc1c(N)cnc2ccccc12)C(=O)O. The third-order valence-electron chi connectivity index (χ3n) is 4.72. The molecule has 0 bridgehead atoms. The minimum atomic E-state index is -3.38. The fourth-order valence-electron chi connectivity index (χ4n) is 3.21. The van der Waals surface area contributed by atoms with Gasteiger partial charge in [-0.1, -0.05) is 18.2 Å². The summed E-state index contributed by atoms with van der Waals surface area (Å²) in [6, 6.07) is 7.24. The predicted molar refractivity (Wildman–Crippen MR) is 120 cm³/mol. The molecule has 0 saturated heterocycles. The Morgan fingerprint density at radius 2 is 1.97 bits per heavy atom. The van der Waals surface area contributed by atoms with Crippen molar-refractivity contribution in [3.05, 3.63) is 30.5 Å². The van der Waals surface area contributed by atoms with Gasteiger partial charge in [0.1, 0.15) is 0 Å². The first-order valence-corrected chi connectivity index (χ1v) is 11.6. The number of carboxylic acid groups (broad SMARTS) is 1. The van der Waals surface area contributed by atoms with Crippen LogP contribution in [0.1, 0.15) is 33.6 Å². The second-order valence-corrected chi connectivity index (χ2v) is 10.1. The summed E-state index contributed by atoms with van der Waals surface area (Å²) in [5, 5.41) is 13.7. The number of hydrogen-bond donors (Lipinski definition) is 4. The lowest BCUT2D eigenvalue weighted by molar-refractivity contribution is 0.0988. The highest BCUT2D eigenvalue weighted by molar-refractivity contribution is 7.88. The lowest BCUT2D eigenvalue weighted by atomic mass is 10.0. The Hall–Kier alpha value is -2.59. The number of fused-ring (bicyclic) bond motifs is 1. The molecule has 0 aliphatic carbocycles. The van der Waals surface area contributed by atoms with Crippen molar-refractivity contribution in [1.82, 2.24) is 14.6 Å². The van der Waals surface area contributed by atoms with Gasteiger partial charge in [-0.05, 0) is 39.7 Å². The van der Waals surface area contributed by atoms with E-state index in [1.54, 1.807) is 6.20 Å². The van der Waals surface area contributed by atoms with Crippen LogP contribution in [0.25, 0.3) is 10.9 Å². The zero-order valence-electron chi connectivity index (χ0n) is 17.8. The fraction of sp³-hybridized carbons (Fsp3) is 0.500. The quantitative estimate of drug-likeness (QED) is 0.473. The second kappa shape index (κ2) is 9.48. The summed E-state index contributed by atoms with van der Waals surface area (Å²) >= 11 is 0. The normalized spacial score (nSPS) is 13.2. The van der Waals surface area contributed by atoms with Gasteiger partial charge in [0.2, 0.25) is 10.0 Å². The Morgan fingerprint density at radius 3 is 2.57 bits per heavy atom. The van der Waals surface area contributed by atoms with Gasteiger partial charge in [-0.3, -0.25) is 4.98 Å². The smallest absolute Gasteiger partial charge is 0.407 e. The summed E-state index contributed by atoms with van der Waals surface area (Å²) in [4.78, 5) is 17.3. The zero-order valence-corrected chi connectivity index (χ0v) is 18.7. The Bertz CT molecular complexity index is 988. The number of pyridine rings is 1. The highest BCUT2D eigenvalue weighted by Crippen LogP contribution is 2.28. The summed E-state index contributed by atoms with van der Waals surface area (Å²) < 4.78 is 25.7. The van der Waals surface area contributed by atoms with Gasteiger partial charge in [-0.15, -0.1) is 0 Å². The average molecular weight is 438 g/mol. The summed E-state index contributed by atoms with van der Waals surface area (Å²) in [6.45, 7) is 6.00. The Balaban J connectivity index is 2.20. The monoisotopic (exact) mass is 437 g/mol. The third kappa shape index (κ3) is 6.74. The molecule has 9 nitrogen and oxygen atoms in total. The molecule has 10 heteroatoms. The van der Waals surface area contributed by atoms with E-state index in [0.29, 0.717) is 30.8 Å². The number of carbonyl (C=O) groups is 1. The van der Waals surface area contributed by atoms with Crippen LogP contribution in [0.3, 0.4) is 0 Å². The number of hydrogen-bond acceptors (Lipinski definition) is 6. The van der Waals surface area contributed by atoms with E-state index in [1.165, 1.54) is 4.90 Å². The molecular weight excluding hydrogens is 406 g/mol. The first-order valence-electron chi connectivity index (χ1n) is 9.73. The topological polar surface area (TPSA) is 138 Å². The predicted octanol–water partition coefficient (Wildman–Crippen LogP) is 2.71. The van der Waals surface area contributed by atoms with Crippen LogP contribution in [0.15, 0.2) is 30.5 Å². The van der Waals surface area contributed by atoms with E-state index >= 15 is 0 Å². The van der Waals surface area contributed by atoms with Crippen LogP contribution < -0.4 is 15.8 Å². The van der Waals surface area contributed by atoms with Gasteiger partial charge in [-0.25, -0.2) is 17.9 Å². The van der Waals surface area contributed by atoms with E-state index in [2.05, 4.69) is 15.0 Å². The number of benzene rings is 1. The van der Waals surface area contributed by atoms with Gasteiger partial charge < -0.3 is 21.1 Å². The number of nitrogens with one attached hydrogen (secondary N) is 2. The summed E-state index contributed by atoms with van der Waals surface area (Å²) in [5.74, 6) is 0. The maximum atomic E-state index is 11.6. The van der Waals surface area contributed by atoms with Crippen molar-refractivity contribution in [3.63, 3.8) is 0 Å². The summed E-state index contributed by atoms with van der Waals surface area (Å²) in [7, 11) is -3.38. The zero-order chi connectivity index (χ0) is 22.5. The van der Waals surface area contributed by atoms with Crippen LogP contribution in [-0.2, 0) is 10.0 Å². The number of nitrogens with two attached hydrogens (primary N) is 1. The summed E-state index contributed by atoms with van der Waals surface area (Å²) in [5.41, 5.74) is 7.54. The van der Waals surface area contributed by atoms with Gasteiger partial charge >= 0.3 is 6.09 Å². The van der Waals surface area contributed by atoms with Crippen LogP contribution in [0, 0.1) is 0 Å². The van der Waals surface area contributed by atoms with E-state index < -0.39 is 21.7 Å². The van der Waals surface area contributed by atoms with E-state index in [9.17, 15) is 18.3 Å². The fourth-order valence-corrected chi connectivity index (χ4v) is 3.72. The Kier molecular flexibility index (Phi) is 7.49. The molecule has 1 amide bonds. The number of sulfonamides is 1. The molecule has 166 valence electrons. The highest BCUT2D eigenvalue weighted by Gasteiger charge is 2.26. The molecule has 1 heterocycles. The number of nitrogen functional groups attached to an aromatic ring is 1. The van der Waals surface area contributed by atoms with Crippen molar-refractivity contribution in [1.29, 1.82) is 0 Å². The van der Waals surface area contributed by atoms with Gasteiger partial charge in [0, 0.05) is 30.1 Å². The van der Waals surface area contributed by atoms with Crippen molar-refractivity contribution >= 4 is 38.4 Å². The number of aromatic nitrogens is 1. The highest BCUT2D eigenvalue weighted by atomic mass is 32.2. The third-order valence-corrected chi connectivity index (χ3v) is 5.41. The standard InChI is InChI=1S/C20H31N5O4S/c1-20(2,3)25(19(26)27)11-7-8-14(12-23-30(4,28)29)24-18-15-9-5-6-10-17(15)22-13-16(18)21/h5-6,9-10,13-14,23H,7-8,11-12,21H2,1-4H3,(H,22,24)(H,26,27)/t14-/m0/s1. The largest absolute Gasteiger partial charge is 0.465 e. The van der Waals surface area contributed by atoms with Crippen LogP contribution in [0.4, 0.5) is 16.2 Å². The second-order valence-electron chi connectivity index (χ2n) is 8.31. The minimum absolute atomic E-state index is 0.150. The van der Waals surface area contributed by atoms with Crippen LogP contribution in [-0.4, -0.2) is 60.4 Å². The Morgan fingerprint density at radius 1 is 1.30 bits per heavy atom. The molecule has 2 aromatic rings. The molecule has 0 aliphatic heterocycles. The molecule has 0 radical (unpaired) electrons. The average Bonchev–Trinajstić information content (AvgIpc) is 2.62. The van der Waals surface area contributed by atoms with E-state index in [1.807, 2.05) is 45.0 Å². The molecule has 0 spiro atoms. The van der Waals surface area contributed by atoms with Gasteiger partial charge in [0.15, 0.2) is 0 Å². The molecule has 0 fully saturated rings. The maximum absolute atomic E-state index is 11.6. The molecule has 1 aromatic carbocycles. The number of anilines is 2. The number of rotatable bonds is 9. The molecule has 5 N–H and O–H groups in total. The van der Waals surface area contributed by atoms with Crippen LogP contribution in [0.2, 0.25) is 0 Å². The molecular formula is C20H31N5O4S. The molecule has 2 rings (SSSR count). The van der Waals surface area contributed by atoms with Crippen molar-refractivity contribution in [2.45, 2.75) is 45.2 Å². The number of nitrogens with zero attached hydrogens (tertiary/aromatic N) is 2. The van der Waals surface area contributed by atoms with E-state index in [0.717, 1.165) is 17.2 Å². The van der Waals surface area contributed by atoms with Gasteiger partial charge in [0.05, 0.1) is 29.3 Å². The molecule has 0 unspecified atom stereocenters. The number of para-hydroxylation sites is 1. The first kappa shape index (κ1) is 23.7. The minimum Gasteiger partial charge on any atom is -0.465 e. The van der Waals surface area contributed by atoms with Crippen LogP contribution in [0.5, 0.6) is 0 Å². The first-order chi connectivity index (χ1) is 13.9. The maximum Gasteiger partial charge on any atom is 0.407 e. The lowest BCUT2D eigenvalue weighted by Crippen LogP contribution is -2.46. The molecule has 30 heavy (non-hydrogen) atoms.